The molecule has 258 valence electrons. The number of nitrogens with one attached hydrogen (secondary N) is 2. The molecule has 0 aromatic heterocycles. The zero-order valence-corrected chi connectivity index (χ0v) is 28.4. The normalized spacial score (nSPS) is 11.7. The van der Waals surface area contributed by atoms with Crippen LogP contribution < -0.4 is 10.6 Å². The van der Waals surface area contributed by atoms with Gasteiger partial charge in [-0.05, 0) is 64.7 Å². The van der Waals surface area contributed by atoms with Crippen LogP contribution in [0.5, 0.6) is 0 Å². The summed E-state index contributed by atoms with van der Waals surface area (Å²) in [6, 6.07) is 5.50. The van der Waals surface area contributed by atoms with Gasteiger partial charge in [0.25, 0.3) is 5.91 Å². The van der Waals surface area contributed by atoms with E-state index < -0.39 is 29.5 Å². The Kier molecular flexibility index (Phi) is 20.0. The summed E-state index contributed by atoms with van der Waals surface area (Å²) in [5, 5.41) is 14.4. The van der Waals surface area contributed by atoms with Gasteiger partial charge in [0.15, 0.2) is 0 Å². The molecule has 0 radical (unpaired) electrons. The molecule has 0 unspecified atom stereocenters. The highest BCUT2D eigenvalue weighted by Gasteiger charge is 2.24. The molecule has 0 aliphatic carbocycles. The zero-order valence-electron chi connectivity index (χ0n) is 28.4. The molecule has 0 bridgehead atoms. The topological polar surface area (TPSA) is 148 Å². The minimum absolute atomic E-state index is 0.00906. The van der Waals surface area contributed by atoms with Gasteiger partial charge in [-0.1, -0.05) is 82.9 Å². The summed E-state index contributed by atoms with van der Waals surface area (Å²) >= 11 is 0. The second-order valence-electron chi connectivity index (χ2n) is 12.9. The van der Waals surface area contributed by atoms with Crippen molar-refractivity contribution in [1.29, 1.82) is 0 Å². The largest absolute Gasteiger partial charge is 0.481 e. The Bertz CT molecular complexity index is 1110. The third-order valence-corrected chi connectivity index (χ3v) is 7.17. The number of benzene rings is 1. The lowest BCUT2D eigenvalue weighted by molar-refractivity contribution is -0.155. The van der Waals surface area contributed by atoms with Crippen LogP contribution in [0.25, 0.3) is 0 Å². The van der Waals surface area contributed by atoms with Crippen LogP contribution in [0.15, 0.2) is 36.6 Å². The predicted octanol–water partition coefficient (Wildman–Crippen LogP) is 7.15. The van der Waals surface area contributed by atoms with Gasteiger partial charge < -0.3 is 25.2 Å². The number of esters is 2. The Labute approximate surface area is 275 Å². The molecule has 0 spiro atoms. The van der Waals surface area contributed by atoms with Crippen LogP contribution in [0.3, 0.4) is 0 Å². The van der Waals surface area contributed by atoms with Crippen molar-refractivity contribution in [3.8, 4) is 0 Å². The molecule has 0 saturated heterocycles. The van der Waals surface area contributed by atoms with E-state index in [1.165, 1.54) is 51.9 Å². The van der Waals surface area contributed by atoms with E-state index in [4.69, 9.17) is 14.6 Å². The van der Waals surface area contributed by atoms with Crippen LogP contribution in [0.1, 0.15) is 146 Å². The number of ether oxygens (including phenoxy) is 2. The summed E-state index contributed by atoms with van der Waals surface area (Å²) in [4.78, 5) is 59.8. The number of carboxylic acid groups (broad SMARTS) is 1. The Balaban J connectivity index is 2.14. The van der Waals surface area contributed by atoms with Gasteiger partial charge in [-0.25, -0.2) is 4.79 Å². The minimum atomic E-state index is -1.12. The maximum atomic E-state index is 12.6. The Morgan fingerprint density at radius 1 is 0.783 bits per heavy atom. The molecule has 0 heterocycles. The molecule has 0 fully saturated rings. The van der Waals surface area contributed by atoms with E-state index in [9.17, 15) is 24.0 Å². The van der Waals surface area contributed by atoms with Crippen LogP contribution in [-0.4, -0.2) is 46.5 Å². The lowest BCUT2D eigenvalue weighted by atomic mass is 10.0. The maximum Gasteiger partial charge on any atom is 0.333 e. The number of aliphatic carboxylic acids is 1. The van der Waals surface area contributed by atoms with Crippen LogP contribution in [-0.2, 0) is 35.2 Å². The number of rotatable bonds is 24. The lowest BCUT2D eigenvalue weighted by Crippen LogP contribution is -2.42. The van der Waals surface area contributed by atoms with Crippen molar-refractivity contribution in [1.82, 2.24) is 10.6 Å². The number of carbonyl (C=O) groups excluding carboxylic acids is 4. The Morgan fingerprint density at radius 2 is 1.28 bits per heavy atom. The van der Waals surface area contributed by atoms with Gasteiger partial charge in [-0.2, -0.15) is 0 Å². The average Bonchev–Trinajstić information content (AvgIpc) is 2.97. The molecule has 1 aromatic rings. The number of hydrogen-bond donors (Lipinski definition) is 3. The minimum Gasteiger partial charge on any atom is -0.481 e. The van der Waals surface area contributed by atoms with Gasteiger partial charge in [0.05, 0.1) is 5.76 Å². The average molecular weight is 645 g/mol. The van der Waals surface area contributed by atoms with E-state index >= 15 is 0 Å². The molecular weight excluding hydrogens is 588 g/mol. The molecule has 10 nitrogen and oxygen atoms in total. The number of allylic oxidation sites excluding steroid dienone is 1. The first-order valence-corrected chi connectivity index (χ1v) is 16.7. The van der Waals surface area contributed by atoms with E-state index in [-0.39, 0.29) is 30.5 Å². The fraction of sp³-hybridized carbons (Fsp3) is 0.639. The van der Waals surface area contributed by atoms with E-state index in [0.29, 0.717) is 24.9 Å². The van der Waals surface area contributed by atoms with Crippen LogP contribution in [0.2, 0.25) is 0 Å². The lowest BCUT2D eigenvalue weighted by Gasteiger charge is -2.19. The molecule has 1 rings (SSSR count). The molecule has 1 aromatic carbocycles. The van der Waals surface area contributed by atoms with Crippen LogP contribution >= 0.6 is 0 Å². The van der Waals surface area contributed by atoms with Crippen LogP contribution in [0.4, 0.5) is 0 Å². The highest BCUT2D eigenvalue weighted by atomic mass is 16.6. The molecule has 0 aliphatic heterocycles. The third-order valence-electron chi connectivity index (χ3n) is 7.17. The van der Waals surface area contributed by atoms with Gasteiger partial charge in [-0.15, -0.1) is 0 Å². The Morgan fingerprint density at radius 3 is 1.76 bits per heavy atom. The monoisotopic (exact) mass is 644 g/mol. The van der Waals surface area contributed by atoms with Gasteiger partial charge in [0.2, 0.25) is 5.91 Å². The molecule has 1 atom stereocenters. The molecule has 46 heavy (non-hydrogen) atoms. The number of unbranched alkanes of at least 4 members (excludes halogenated alkanes) is 11. The molecule has 2 amide bonds. The van der Waals surface area contributed by atoms with Gasteiger partial charge >= 0.3 is 17.9 Å². The summed E-state index contributed by atoms with van der Waals surface area (Å²) in [5.74, 6) is -2.36. The van der Waals surface area contributed by atoms with Crippen molar-refractivity contribution in [2.45, 2.75) is 149 Å². The molecule has 3 N–H and O–H groups in total. The van der Waals surface area contributed by atoms with Gasteiger partial charge in [0, 0.05) is 31.4 Å². The summed E-state index contributed by atoms with van der Waals surface area (Å²) in [6.45, 7) is 11.0. The highest BCUT2D eigenvalue weighted by molar-refractivity contribution is 5.97. The van der Waals surface area contributed by atoms with Crippen LogP contribution in [0, 0.1) is 0 Å². The number of carboxylic acids is 1. The number of hydrogen-bond acceptors (Lipinski definition) is 7. The maximum absolute atomic E-state index is 12.6. The second kappa shape index (κ2) is 22.8. The van der Waals surface area contributed by atoms with Crippen molar-refractivity contribution in [3.05, 3.63) is 47.7 Å². The summed E-state index contributed by atoms with van der Waals surface area (Å²) < 4.78 is 10.3. The van der Waals surface area contributed by atoms with Gasteiger partial charge in [-0.3, -0.25) is 19.2 Å². The van der Waals surface area contributed by atoms with Crippen molar-refractivity contribution < 1.29 is 38.6 Å². The summed E-state index contributed by atoms with van der Waals surface area (Å²) in [7, 11) is 0. The van der Waals surface area contributed by atoms with Crippen molar-refractivity contribution in [3.63, 3.8) is 0 Å². The first-order valence-electron chi connectivity index (χ1n) is 16.7. The first-order chi connectivity index (χ1) is 21.8. The third kappa shape index (κ3) is 21.1. The number of carbonyl (C=O) groups is 5. The van der Waals surface area contributed by atoms with Crippen molar-refractivity contribution >= 4 is 29.7 Å². The zero-order chi connectivity index (χ0) is 34.4. The quantitative estimate of drug-likeness (QED) is 0.0611. The number of amides is 2. The summed E-state index contributed by atoms with van der Waals surface area (Å²) in [5.41, 5.74) is 0.723. The molecule has 10 heteroatoms. The fourth-order valence-electron chi connectivity index (χ4n) is 4.78. The van der Waals surface area contributed by atoms with Crippen molar-refractivity contribution in [2.75, 3.05) is 0 Å². The van der Waals surface area contributed by atoms with Crippen molar-refractivity contribution in [2.24, 2.45) is 0 Å². The van der Waals surface area contributed by atoms with E-state index in [0.717, 1.165) is 37.7 Å². The van der Waals surface area contributed by atoms with E-state index in [1.54, 1.807) is 24.3 Å². The SMILES string of the molecule is C=C(C)OC(=O)[C@H](CCC(=O)O)NC(=O)c1ccc(CNC(=O)CCCCCCCCCCCCCCC(=O)OC(C)(C)C)cc1. The summed E-state index contributed by atoms with van der Waals surface area (Å²) in [6.07, 6.45) is 14.1. The molecule has 0 aliphatic rings. The van der Waals surface area contributed by atoms with E-state index in [2.05, 4.69) is 17.2 Å². The molecule has 0 saturated carbocycles. The standard InChI is InChI=1S/C36H56N2O8/c1-27(2)45-35(44)30(24-25-32(40)41)38-34(43)29-22-20-28(21-23-29)26-37-31(39)18-16-14-12-10-8-6-7-9-11-13-15-17-19-33(42)46-36(3,4)5/h20-23,30H,1,6-19,24-26H2,2-5H3,(H,37,39)(H,38,43)(H,40,41)/t30-/m0/s1. The van der Waals surface area contributed by atoms with Gasteiger partial charge in [0.1, 0.15) is 11.6 Å². The Hall–Kier alpha value is -3.69. The fourth-order valence-corrected chi connectivity index (χ4v) is 4.78. The first kappa shape index (κ1) is 40.3. The highest BCUT2D eigenvalue weighted by Crippen LogP contribution is 2.15. The second-order valence-corrected chi connectivity index (χ2v) is 12.9. The smallest absolute Gasteiger partial charge is 0.333 e. The predicted molar refractivity (Wildman–Crippen MR) is 178 cm³/mol. The van der Waals surface area contributed by atoms with E-state index in [1.807, 2.05) is 20.8 Å². The molecular formula is C36H56N2O8.